The van der Waals surface area contributed by atoms with Crippen molar-refractivity contribution >= 4 is 15.9 Å². The molecule has 2 aromatic carbocycles. The summed E-state index contributed by atoms with van der Waals surface area (Å²) in [6, 6.07) is 14.9. The van der Waals surface area contributed by atoms with E-state index in [1.165, 1.54) is 0 Å². The third-order valence-electron chi connectivity index (χ3n) is 2.64. The minimum Gasteiger partial charge on any atom is -0.456 e. The fourth-order valence-electron chi connectivity index (χ4n) is 1.73. The Kier molecular flexibility index (Phi) is 4.56. The molecule has 19 heavy (non-hydrogen) atoms. The Balaban J connectivity index is 2.34. The molecule has 0 spiro atoms. The minimum atomic E-state index is 0.0613. The summed E-state index contributed by atoms with van der Waals surface area (Å²) in [5.41, 5.74) is 1.38. The molecule has 3 nitrogen and oxygen atoms in total. The van der Waals surface area contributed by atoms with Crippen LogP contribution in [0.15, 0.2) is 46.9 Å². The Morgan fingerprint density at radius 3 is 2.68 bits per heavy atom. The lowest BCUT2D eigenvalue weighted by molar-refractivity contribution is 0.298. The number of ether oxygens (including phenoxy) is 1. The monoisotopic (exact) mass is 317 g/mol. The van der Waals surface area contributed by atoms with Crippen LogP contribution in [0.5, 0.6) is 11.5 Å². The second-order valence-corrected chi connectivity index (χ2v) is 4.85. The number of aliphatic hydroxyl groups is 1. The molecule has 0 aliphatic carbocycles. The second kappa shape index (κ2) is 6.37. The molecule has 0 unspecified atom stereocenters. The van der Waals surface area contributed by atoms with Crippen LogP contribution in [0.4, 0.5) is 0 Å². The standard InChI is InChI=1S/C15H12BrNO2/c16-13-5-6-15(12(9-13)10-17)19-14-4-2-1-3-11(14)7-8-18/h1-6,9,18H,7-8H2. The average Bonchev–Trinajstić information content (AvgIpc) is 2.43. The molecular formula is C15H12BrNO2. The van der Waals surface area contributed by atoms with Crippen LogP contribution in [0.3, 0.4) is 0 Å². The van der Waals surface area contributed by atoms with Gasteiger partial charge >= 0.3 is 0 Å². The van der Waals surface area contributed by atoms with Gasteiger partial charge in [-0.15, -0.1) is 0 Å². The van der Waals surface area contributed by atoms with E-state index in [2.05, 4.69) is 22.0 Å². The van der Waals surface area contributed by atoms with Gasteiger partial charge in [0.05, 0.1) is 5.56 Å². The van der Waals surface area contributed by atoms with Crippen molar-refractivity contribution in [3.05, 3.63) is 58.1 Å². The summed E-state index contributed by atoms with van der Waals surface area (Å²) >= 11 is 3.32. The molecule has 0 bridgehead atoms. The molecule has 0 fully saturated rings. The normalized spacial score (nSPS) is 9.95. The highest BCUT2D eigenvalue weighted by Gasteiger charge is 2.08. The fraction of sp³-hybridized carbons (Fsp3) is 0.133. The van der Waals surface area contributed by atoms with Crippen molar-refractivity contribution in [2.45, 2.75) is 6.42 Å². The van der Waals surface area contributed by atoms with E-state index in [0.29, 0.717) is 23.5 Å². The number of hydrogen-bond donors (Lipinski definition) is 1. The van der Waals surface area contributed by atoms with Gasteiger partial charge in [-0.25, -0.2) is 0 Å². The van der Waals surface area contributed by atoms with Crippen LogP contribution in [0.25, 0.3) is 0 Å². The number of aliphatic hydroxyl groups excluding tert-OH is 1. The highest BCUT2D eigenvalue weighted by atomic mass is 79.9. The van der Waals surface area contributed by atoms with Gasteiger partial charge < -0.3 is 9.84 Å². The number of nitriles is 1. The van der Waals surface area contributed by atoms with E-state index in [4.69, 9.17) is 15.1 Å². The predicted octanol–water partition coefficient (Wildman–Crippen LogP) is 3.65. The van der Waals surface area contributed by atoms with Gasteiger partial charge in [-0.3, -0.25) is 0 Å². The summed E-state index contributed by atoms with van der Waals surface area (Å²) in [7, 11) is 0. The smallest absolute Gasteiger partial charge is 0.145 e. The molecule has 0 aliphatic heterocycles. The largest absolute Gasteiger partial charge is 0.456 e. The molecule has 1 N–H and O–H groups in total. The first-order chi connectivity index (χ1) is 9.24. The zero-order chi connectivity index (χ0) is 13.7. The number of nitrogens with zero attached hydrogens (tertiary/aromatic N) is 1. The highest BCUT2D eigenvalue weighted by molar-refractivity contribution is 9.10. The number of hydrogen-bond acceptors (Lipinski definition) is 3. The second-order valence-electron chi connectivity index (χ2n) is 3.94. The van der Waals surface area contributed by atoms with Crippen LogP contribution in [-0.2, 0) is 6.42 Å². The maximum atomic E-state index is 9.10. The Labute approximate surface area is 120 Å². The third-order valence-corrected chi connectivity index (χ3v) is 3.13. The Hall–Kier alpha value is -1.83. The summed E-state index contributed by atoms with van der Waals surface area (Å²) < 4.78 is 6.62. The van der Waals surface area contributed by atoms with Crippen LogP contribution in [-0.4, -0.2) is 11.7 Å². The summed E-state index contributed by atoms with van der Waals surface area (Å²) in [5, 5.41) is 18.1. The molecule has 0 heterocycles. The number of halogens is 1. The molecule has 2 rings (SSSR count). The Morgan fingerprint density at radius 1 is 1.16 bits per heavy atom. The van der Waals surface area contributed by atoms with Crippen molar-refractivity contribution in [1.82, 2.24) is 0 Å². The first-order valence-corrected chi connectivity index (χ1v) is 6.60. The Morgan fingerprint density at radius 2 is 1.95 bits per heavy atom. The van der Waals surface area contributed by atoms with Crippen molar-refractivity contribution < 1.29 is 9.84 Å². The maximum Gasteiger partial charge on any atom is 0.145 e. The summed E-state index contributed by atoms with van der Waals surface area (Å²) in [4.78, 5) is 0. The third kappa shape index (κ3) is 3.34. The molecule has 0 radical (unpaired) electrons. The summed E-state index contributed by atoms with van der Waals surface area (Å²) in [6.07, 6.45) is 0.522. The molecule has 0 aliphatic rings. The lowest BCUT2D eigenvalue weighted by Gasteiger charge is -2.11. The van der Waals surface area contributed by atoms with E-state index >= 15 is 0 Å². The molecule has 0 aromatic heterocycles. The van der Waals surface area contributed by atoms with Crippen molar-refractivity contribution in [3.63, 3.8) is 0 Å². The zero-order valence-electron chi connectivity index (χ0n) is 10.1. The van der Waals surface area contributed by atoms with Gasteiger partial charge in [-0.2, -0.15) is 5.26 Å². The van der Waals surface area contributed by atoms with E-state index in [1.807, 2.05) is 30.3 Å². The van der Waals surface area contributed by atoms with E-state index in [-0.39, 0.29) is 6.61 Å². The van der Waals surface area contributed by atoms with Crippen LogP contribution in [0.1, 0.15) is 11.1 Å². The average molecular weight is 318 g/mol. The van der Waals surface area contributed by atoms with Crippen molar-refractivity contribution in [2.24, 2.45) is 0 Å². The van der Waals surface area contributed by atoms with Crippen molar-refractivity contribution in [2.75, 3.05) is 6.61 Å². The van der Waals surface area contributed by atoms with Gasteiger partial charge in [0.2, 0.25) is 0 Å². The topological polar surface area (TPSA) is 53.2 Å². The number of rotatable bonds is 4. The molecule has 0 atom stereocenters. The molecule has 2 aromatic rings. The number of para-hydroxylation sites is 1. The SMILES string of the molecule is N#Cc1cc(Br)ccc1Oc1ccccc1CCO. The molecule has 0 amide bonds. The first kappa shape index (κ1) is 13.6. The van der Waals surface area contributed by atoms with Crippen LogP contribution in [0, 0.1) is 11.3 Å². The Bertz CT molecular complexity index is 620. The van der Waals surface area contributed by atoms with Crippen molar-refractivity contribution in [1.29, 1.82) is 5.26 Å². The lowest BCUT2D eigenvalue weighted by atomic mass is 10.1. The predicted molar refractivity (Wildman–Crippen MR) is 76.2 cm³/mol. The van der Waals surface area contributed by atoms with Gasteiger partial charge in [0.25, 0.3) is 0 Å². The van der Waals surface area contributed by atoms with E-state index in [1.54, 1.807) is 12.1 Å². The van der Waals surface area contributed by atoms with Gasteiger partial charge in [0.15, 0.2) is 0 Å². The van der Waals surface area contributed by atoms with Gasteiger partial charge in [0.1, 0.15) is 17.6 Å². The fourth-order valence-corrected chi connectivity index (χ4v) is 2.09. The lowest BCUT2D eigenvalue weighted by Crippen LogP contribution is -1.96. The van der Waals surface area contributed by atoms with Crippen LogP contribution >= 0.6 is 15.9 Å². The zero-order valence-corrected chi connectivity index (χ0v) is 11.7. The van der Waals surface area contributed by atoms with E-state index < -0.39 is 0 Å². The maximum absolute atomic E-state index is 9.10. The molecule has 0 saturated carbocycles. The summed E-state index contributed by atoms with van der Waals surface area (Å²) in [5.74, 6) is 1.17. The van der Waals surface area contributed by atoms with Crippen LogP contribution in [0.2, 0.25) is 0 Å². The number of benzene rings is 2. The van der Waals surface area contributed by atoms with Gasteiger partial charge in [-0.1, -0.05) is 34.1 Å². The quantitative estimate of drug-likeness (QED) is 0.936. The van der Waals surface area contributed by atoms with Crippen molar-refractivity contribution in [3.8, 4) is 17.6 Å². The molecular weight excluding hydrogens is 306 g/mol. The highest BCUT2D eigenvalue weighted by Crippen LogP contribution is 2.29. The van der Waals surface area contributed by atoms with Gasteiger partial charge in [-0.05, 0) is 36.2 Å². The van der Waals surface area contributed by atoms with Crippen LogP contribution < -0.4 is 4.74 Å². The first-order valence-electron chi connectivity index (χ1n) is 5.81. The van der Waals surface area contributed by atoms with E-state index in [9.17, 15) is 0 Å². The molecule has 0 saturated heterocycles. The molecule has 96 valence electrons. The van der Waals surface area contributed by atoms with Gasteiger partial charge in [0, 0.05) is 11.1 Å². The summed E-state index contributed by atoms with van der Waals surface area (Å²) in [6.45, 7) is 0.0613. The van der Waals surface area contributed by atoms with E-state index in [0.717, 1.165) is 10.0 Å². The molecule has 4 heteroatoms. The minimum absolute atomic E-state index is 0.0613.